The summed E-state index contributed by atoms with van der Waals surface area (Å²) < 4.78 is 10.7. The minimum absolute atomic E-state index is 0.0996. The number of carbonyl (C=O) groups excluding carboxylic acids is 2. The summed E-state index contributed by atoms with van der Waals surface area (Å²) in [6.45, 7) is 3.47. The lowest BCUT2D eigenvalue weighted by atomic mass is 10.0. The molecule has 0 aromatic heterocycles. The number of nitro benzene ring substituents is 1. The van der Waals surface area contributed by atoms with Gasteiger partial charge in [0.15, 0.2) is 6.61 Å². The largest absolute Gasteiger partial charge is 0.497 e. The average molecular weight is 401 g/mol. The lowest BCUT2D eigenvalue weighted by Gasteiger charge is -2.15. The van der Waals surface area contributed by atoms with Crippen molar-refractivity contribution in [2.24, 2.45) is 0 Å². The van der Waals surface area contributed by atoms with Gasteiger partial charge in [-0.15, -0.1) is 0 Å². The second kappa shape index (κ2) is 10.1. The topological polar surface area (TPSA) is 120 Å². The van der Waals surface area contributed by atoms with Crippen molar-refractivity contribution in [2.75, 3.05) is 20.3 Å². The Kier molecular flexibility index (Phi) is 7.53. The highest BCUT2D eigenvalue weighted by atomic mass is 16.6. The number of carbonyl (C=O) groups is 2. The van der Waals surface area contributed by atoms with E-state index < -0.39 is 16.9 Å². The zero-order valence-electron chi connectivity index (χ0n) is 16.4. The highest BCUT2D eigenvalue weighted by molar-refractivity contribution is 5.87. The van der Waals surface area contributed by atoms with Gasteiger partial charge in [0, 0.05) is 24.2 Å². The third kappa shape index (κ3) is 5.93. The molecule has 0 radical (unpaired) electrons. The lowest BCUT2D eigenvalue weighted by Crippen LogP contribution is -2.46. The fraction of sp³-hybridized carbons (Fsp3) is 0.300. The number of benzene rings is 2. The van der Waals surface area contributed by atoms with Crippen LogP contribution in [0.25, 0.3) is 11.1 Å². The fourth-order valence-corrected chi connectivity index (χ4v) is 2.57. The Hall–Kier alpha value is -3.62. The number of likely N-dealkylation sites (N-methyl/N-ethyl adjacent to an activating group) is 1. The van der Waals surface area contributed by atoms with Crippen molar-refractivity contribution in [3.63, 3.8) is 0 Å². The number of ether oxygens (including phenoxy) is 2. The number of rotatable bonds is 9. The van der Waals surface area contributed by atoms with E-state index in [0.29, 0.717) is 29.2 Å². The highest BCUT2D eigenvalue weighted by Crippen LogP contribution is 2.34. The Balaban J connectivity index is 2.18. The summed E-state index contributed by atoms with van der Waals surface area (Å²) in [4.78, 5) is 34.4. The molecule has 0 spiro atoms. The van der Waals surface area contributed by atoms with Gasteiger partial charge >= 0.3 is 0 Å². The molecule has 29 heavy (non-hydrogen) atoms. The first kappa shape index (κ1) is 21.7. The van der Waals surface area contributed by atoms with Crippen molar-refractivity contribution >= 4 is 17.5 Å². The number of non-ortho nitro benzene ring substituents is 1. The van der Waals surface area contributed by atoms with Gasteiger partial charge in [0.05, 0.1) is 12.0 Å². The molecule has 9 heteroatoms. The molecule has 0 aliphatic carbocycles. The van der Waals surface area contributed by atoms with Gasteiger partial charge in [0.2, 0.25) is 5.91 Å². The molecule has 0 saturated heterocycles. The Morgan fingerprint density at radius 3 is 2.45 bits per heavy atom. The predicted octanol–water partition coefficient (Wildman–Crippen LogP) is 2.29. The van der Waals surface area contributed by atoms with Gasteiger partial charge in [-0.25, -0.2) is 0 Å². The highest BCUT2D eigenvalue weighted by Gasteiger charge is 2.17. The minimum Gasteiger partial charge on any atom is -0.497 e. The smallest absolute Gasteiger partial charge is 0.270 e. The lowest BCUT2D eigenvalue weighted by molar-refractivity contribution is -0.384. The molecule has 0 aliphatic rings. The maximum atomic E-state index is 12.1. The molecule has 2 N–H and O–H groups in total. The molecule has 2 amide bonds. The molecule has 1 atom stereocenters. The molecule has 2 aromatic rings. The van der Waals surface area contributed by atoms with E-state index in [4.69, 9.17) is 9.47 Å². The van der Waals surface area contributed by atoms with Gasteiger partial charge in [0.1, 0.15) is 17.5 Å². The van der Waals surface area contributed by atoms with Gasteiger partial charge in [-0.05, 0) is 37.6 Å². The minimum atomic E-state index is -0.705. The molecule has 154 valence electrons. The Morgan fingerprint density at radius 2 is 1.86 bits per heavy atom. The van der Waals surface area contributed by atoms with E-state index in [1.807, 2.05) is 0 Å². The second-order valence-corrected chi connectivity index (χ2v) is 6.14. The number of methoxy groups -OCH3 is 1. The summed E-state index contributed by atoms with van der Waals surface area (Å²) in [5.74, 6) is 0.167. The van der Waals surface area contributed by atoms with Crippen molar-refractivity contribution in [3.8, 4) is 22.6 Å². The van der Waals surface area contributed by atoms with E-state index in [9.17, 15) is 19.7 Å². The van der Waals surface area contributed by atoms with Gasteiger partial charge in [-0.3, -0.25) is 19.7 Å². The number of nitrogens with one attached hydrogen (secondary N) is 2. The summed E-state index contributed by atoms with van der Waals surface area (Å²) >= 11 is 0. The molecule has 9 nitrogen and oxygen atoms in total. The van der Waals surface area contributed by atoms with Crippen LogP contribution < -0.4 is 20.1 Å². The maximum absolute atomic E-state index is 12.1. The molecule has 0 unspecified atom stereocenters. The SMILES string of the molecule is CCNC(=O)[C@@H](C)NC(=O)COc1ccc([N+](=O)[O-])cc1-c1ccc(OC)cc1. The van der Waals surface area contributed by atoms with Crippen LogP contribution in [-0.4, -0.2) is 43.0 Å². The third-order valence-corrected chi connectivity index (χ3v) is 4.06. The first-order valence-electron chi connectivity index (χ1n) is 8.98. The van der Waals surface area contributed by atoms with E-state index in [1.54, 1.807) is 38.1 Å². The molecule has 0 fully saturated rings. The van der Waals surface area contributed by atoms with Crippen molar-refractivity contribution in [1.82, 2.24) is 10.6 Å². The first-order valence-corrected chi connectivity index (χ1v) is 8.98. The van der Waals surface area contributed by atoms with Gasteiger partial charge < -0.3 is 20.1 Å². The number of hydrogen-bond donors (Lipinski definition) is 2. The molecule has 0 bridgehead atoms. The molecule has 0 heterocycles. The number of nitro groups is 1. The van der Waals surface area contributed by atoms with Crippen molar-refractivity contribution in [1.29, 1.82) is 0 Å². The summed E-state index contributed by atoms with van der Waals surface area (Å²) in [5, 5.41) is 16.3. The van der Waals surface area contributed by atoms with Crippen LogP contribution in [0, 0.1) is 10.1 Å². The molecular weight excluding hydrogens is 378 g/mol. The second-order valence-electron chi connectivity index (χ2n) is 6.14. The standard InChI is InChI=1S/C20H23N3O6/c1-4-21-20(25)13(2)22-19(24)12-29-18-10-7-15(23(26)27)11-17(18)14-5-8-16(28-3)9-6-14/h5-11,13H,4,12H2,1-3H3,(H,21,25)(H,22,24)/t13-/m1/s1. The molecule has 2 aromatic carbocycles. The van der Waals surface area contributed by atoms with E-state index in [-0.39, 0.29) is 18.2 Å². The van der Waals surface area contributed by atoms with Gasteiger partial charge in [-0.1, -0.05) is 12.1 Å². The zero-order chi connectivity index (χ0) is 21.4. The van der Waals surface area contributed by atoms with Crippen LogP contribution in [0.5, 0.6) is 11.5 Å². The predicted molar refractivity (Wildman–Crippen MR) is 107 cm³/mol. The maximum Gasteiger partial charge on any atom is 0.270 e. The third-order valence-electron chi connectivity index (χ3n) is 4.06. The summed E-state index contributed by atoms with van der Waals surface area (Å²) in [7, 11) is 1.54. The van der Waals surface area contributed by atoms with Crippen molar-refractivity contribution in [2.45, 2.75) is 19.9 Å². The normalized spacial score (nSPS) is 11.3. The van der Waals surface area contributed by atoms with Crippen LogP contribution >= 0.6 is 0 Å². The number of nitrogens with zero attached hydrogens (tertiary/aromatic N) is 1. The first-order chi connectivity index (χ1) is 13.8. The van der Waals surface area contributed by atoms with E-state index in [1.165, 1.54) is 25.3 Å². The number of hydrogen-bond acceptors (Lipinski definition) is 6. The van der Waals surface area contributed by atoms with E-state index >= 15 is 0 Å². The van der Waals surface area contributed by atoms with Crippen LogP contribution in [0.1, 0.15) is 13.8 Å². The Labute approximate surface area is 168 Å². The van der Waals surface area contributed by atoms with E-state index in [2.05, 4.69) is 10.6 Å². The van der Waals surface area contributed by atoms with Crippen LogP contribution in [0.3, 0.4) is 0 Å². The van der Waals surface area contributed by atoms with Crippen LogP contribution in [0.2, 0.25) is 0 Å². The van der Waals surface area contributed by atoms with Crippen molar-refractivity contribution in [3.05, 3.63) is 52.6 Å². The quantitative estimate of drug-likeness (QED) is 0.491. The van der Waals surface area contributed by atoms with Crippen LogP contribution in [-0.2, 0) is 9.59 Å². The van der Waals surface area contributed by atoms with Crippen LogP contribution in [0.15, 0.2) is 42.5 Å². The molecule has 0 saturated carbocycles. The zero-order valence-corrected chi connectivity index (χ0v) is 16.4. The van der Waals surface area contributed by atoms with Gasteiger partial charge in [0.25, 0.3) is 11.6 Å². The summed E-state index contributed by atoms with van der Waals surface area (Å²) in [5.41, 5.74) is 1.03. The Bertz CT molecular complexity index is 882. The van der Waals surface area contributed by atoms with Gasteiger partial charge in [-0.2, -0.15) is 0 Å². The monoisotopic (exact) mass is 401 g/mol. The molecular formula is C20H23N3O6. The molecule has 0 aliphatic heterocycles. The molecule has 2 rings (SSSR count). The average Bonchev–Trinajstić information content (AvgIpc) is 2.72. The van der Waals surface area contributed by atoms with Crippen LogP contribution in [0.4, 0.5) is 5.69 Å². The summed E-state index contributed by atoms with van der Waals surface area (Å²) in [6.07, 6.45) is 0. The summed E-state index contributed by atoms with van der Waals surface area (Å²) in [6, 6.07) is 10.3. The van der Waals surface area contributed by atoms with Crippen molar-refractivity contribution < 1.29 is 24.0 Å². The number of amides is 2. The fourth-order valence-electron chi connectivity index (χ4n) is 2.57. The Morgan fingerprint density at radius 1 is 1.17 bits per heavy atom. The van der Waals surface area contributed by atoms with E-state index in [0.717, 1.165) is 0 Å².